The second-order valence-electron chi connectivity index (χ2n) is 2.26. The largest absolute Gasteiger partial charge is 0.362 e. The van der Waals surface area contributed by atoms with Crippen LogP contribution in [0.5, 0.6) is 0 Å². The van der Waals surface area contributed by atoms with Crippen molar-refractivity contribution >= 4 is 23.8 Å². The molecule has 1 aromatic heterocycles. The Bertz CT molecular complexity index is 274. The lowest BCUT2D eigenvalue weighted by Gasteiger charge is -1.90. The Morgan fingerprint density at radius 3 is 2.91 bits per heavy atom. The van der Waals surface area contributed by atoms with Crippen LogP contribution in [-0.4, -0.2) is 10.1 Å². The van der Waals surface area contributed by atoms with E-state index in [0.29, 0.717) is 5.57 Å². The van der Waals surface area contributed by atoms with Crippen molar-refractivity contribution in [3.05, 3.63) is 29.6 Å². The molecule has 0 fully saturated rings. The van der Waals surface area contributed by atoms with Gasteiger partial charge in [0.25, 0.3) is 0 Å². The van der Waals surface area contributed by atoms with Crippen LogP contribution in [0.2, 0.25) is 0 Å². The quantitative estimate of drug-likeness (QED) is 0.511. The van der Waals surface area contributed by atoms with E-state index in [0.717, 1.165) is 5.69 Å². The normalized spacial score (nSPS) is 11.6. The Balaban J connectivity index is 2.82. The molecule has 2 nitrogen and oxygen atoms in total. The third kappa shape index (κ3) is 2.27. The van der Waals surface area contributed by atoms with E-state index in [1.807, 2.05) is 18.3 Å². The van der Waals surface area contributed by atoms with Crippen LogP contribution >= 0.6 is 12.6 Å². The van der Waals surface area contributed by atoms with Crippen LogP contribution in [0.1, 0.15) is 12.6 Å². The van der Waals surface area contributed by atoms with Crippen molar-refractivity contribution in [1.82, 2.24) is 4.98 Å². The second kappa shape index (κ2) is 3.44. The predicted octanol–water partition coefficient (Wildman–Crippen LogP) is 1.87. The summed E-state index contributed by atoms with van der Waals surface area (Å²) in [5.74, 6) is 0. The Kier molecular flexibility index (Phi) is 2.54. The summed E-state index contributed by atoms with van der Waals surface area (Å²) in [6.45, 7) is 1.73. The van der Waals surface area contributed by atoms with E-state index in [4.69, 9.17) is 0 Å². The number of carbonyl (C=O) groups excluding carboxylic acids is 1. The summed E-state index contributed by atoms with van der Waals surface area (Å²) in [6.07, 6.45) is 3.57. The highest BCUT2D eigenvalue weighted by Gasteiger charge is 1.96. The van der Waals surface area contributed by atoms with Gasteiger partial charge in [-0.2, -0.15) is 0 Å². The molecule has 0 radical (unpaired) electrons. The van der Waals surface area contributed by atoms with Crippen LogP contribution < -0.4 is 0 Å². The molecule has 0 aliphatic heterocycles. The topological polar surface area (TPSA) is 32.9 Å². The standard InChI is InChI=1S/C8H9NOS/c1-6(8(10)11)5-7-3-2-4-9-7/h2-5,9H,1H3,(H,10,11). The van der Waals surface area contributed by atoms with Gasteiger partial charge in [0.2, 0.25) is 5.12 Å². The maximum atomic E-state index is 10.7. The summed E-state index contributed by atoms with van der Waals surface area (Å²) < 4.78 is 0. The Hall–Kier alpha value is -0.960. The lowest BCUT2D eigenvalue weighted by molar-refractivity contribution is -0.107. The fourth-order valence-corrected chi connectivity index (χ4v) is 0.794. The van der Waals surface area contributed by atoms with E-state index >= 15 is 0 Å². The number of hydrogen-bond donors (Lipinski definition) is 2. The van der Waals surface area contributed by atoms with Gasteiger partial charge in [-0.1, -0.05) is 0 Å². The van der Waals surface area contributed by atoms with Crippen LogP contribution in [0.15, 0.2) is 23.9 Å². The van der Waals surface area contributed by atoms with Gasteiger partial charge in [-0.15, -0.1) is 12.6 Å². The van der Waals surface area contributed by atoms with E-state index in [2.05, 4.69) is 17.6 Å². The van der Waals surface area contributed by atoms with Gasteiger partial charge in [0.05, 0.1) is 0 Å². The number of rotatable bonds is 2. The number of H-pyrrole nitrogens is 1. The maximum absolute atomic E-state index is 10.7. The lowest BCUT2D eigenvalue weighted by atomic mass is 10.2. The molecule has 0 amide bonds. The molecule has 1 N–H and O–H groups in total. The van der Waals surface area contributed by atoms with Gasteiger partial charge in [0, 0.05) is 17.5 Å². The number of aromatic nitrogens is 1. The van der Waals surface area contributed by atoms with Crippen molar-refractivity contribution in [3.8, 4) is 0 Å². The van der Waals surface area contributed by atoms with Gasteiger partial charge in [-0.25, -0.2) is 0 Å². The predicted molar refractivity (Wildman–Crippen MR) is 48.4 cm³/mol. The Morgan fingerprint density at radius 1 is 1.73 bits per heavy atom. The van der Waals surface area contributed by atoms with E-state index in [-0.39, 0.29) is 5.12 Å². The number of carbonyl (C=O) groups is 1. The summed E-state index contributed by atoms with van der Waals surface area (Å²) in [5.41, 5.74) is 1.56. The highest BCUT2D eigenvalue weighted by molar-refractivity contribution is 7.97. The molecule has 0 aliphatic carbocycles. The van der Waals surface area contributed by atoms with Crippen LogP contribution in [0.25, 0.3) is 6.08 Å². The molecule has 11 heavy (non-hydrogen) atoms. The molecule has 0 saturated heterocycles. The first kappa shape index (κ1) is 8.14. The van der Waals surface area contributed by atoms with E-state index < -0.39 is 0 Å². The number of hydrogen-bond acceptors (Lipinski definition) is 1. The minimum atomic E-state index is -0.195. The highest BCUT2D eigenvalue weighted by Crippen LogP contribution is 2.05. The first-order chi connectivity index (χ1) is 5.20. The van der Waals surface area contributed by atoms with Gasteiger partial charge < -0.3 is 4.98 Å². The van der Waals surface area contributed by atoms with Crippen LogP contribution in [0, 0.1) is 0 Å². The third-order valence-electron chi connectivity index (χ3n) is 1.33. The molecule has 0 saturated carbocycles. The Morgan fingerprint density at radius 2 is 2.45 bits per heavy atom. The van der Waals surface area contributed by atoms with E-state index in [1.54, 1.807) is 13.0 Å². The smallest absolute Gasteiger partial charge is 0.212 e. The van der Waals surface area contributed by atoms with Gasteiger partial charge in [-0.05, 0) is 25.1 Å². The number of nitrogens with one attached hydrogen (secondary N) is 1. The van der Waals surface area contributed by atoms with Crippen molar-refractivity contribution in [2.24, 2.45) is 0 Å². The first-order valence-electron chi connectivity index (χ1n) is 3.25. The minimum absolute atomic E-state index is 0.195. The van der Waals surface area contributed by atoms with Crippen LogP contribution in [0.4, 0.5) is 0 Å². The summed E-state index contributed by atoms with van der Waals surface area (Å²) in [5, 5.41) is -0.195. The zero-order valence-electron chi connectivity index (χ0n) is 6.16. The molecule has 0 bridgehead atoms. The molecule has 0 aliphatic rings. The average molecular weight is 167 g/mol. The molecule has 0 unspecified atom stereocenters. The van der Waals surface area contributed by atoms with Crippen molar-refractivity contribution in [2.45, 2.75) is 6.92 Å². The zero-order chi connectivity index (χ0) is 8.27. The molecule has 3 heteroatoms. The van der Waals surface area contributed by atoms with Crippen molar-refractivity contribution in [3.63, 3.8) is 0 Å². The zero-order valence-corrected chi connectivity index (χ0v) is 7.06. The van der Waals surface area contributed by atoms with Crippen molar-refractivity contribution in [2.75, 3.05) is 0 Å². The third-order valence-corrected chi connectivity index (χ3v) is 1.68. The first-order valence-corrected chi connectivity index (χ1v) is 3.70. The highest BCUT2D eigenvalue weighted by atomic mass is 32.1. The van der Waals surface area contributed by atoms with Gasteiger partial charge in [-0.3, -0.25) is 4.79 Å². The van der Waals surface area contributed by atoms with Gasteiger partial charge in [0.1, 0.15) is 0 Å². The molecule has 0 atom stereocenters. The summed E-state index contributed by atoms with van der Waals surface area (Å²) in [4.78, 5) is 13.6. The Labute approximate surface area is 70.7 Å². The van der Waals surface area contributed by atoms with Gasteiger partial charge >= 0.3 is 0 Å². The molecular weight excluding hydrogens is 158 g/mol. The number of aromatic amines is 1. The molecule has 0 spiro atoms. The maximum Gasteiger partial charge on any atom is 0.212 e. The fourth-order valence-electron chi connectivity index (χ4n) is 0.729. The molecule has 1 aromatic rings. The molecule has 58 valence electrons. The van der Waals surface area contributed by atoms with Gasteiger partial charge in [0.15, 0.2) is 0 Å². The lowest BCUT2D eigenvalue weighted by Crippen LogP contribution is -1.86. The minimum Gasteiger partial charge on any atom is -0.362 e. The van der Waals surface area contributed by atoms with Crippen LogP contribution in [0.3, 0.4) is 0 Å². The van der Waals surface area contributed by atoms with E-state index in [9.17, 15) is 4.79 Å². The summed E-state index contributed by atoms with van der Waals surface area (Å²) >= 11 is 3.68. The van der Waals surface area contributed by atoms with Crippen LogP contribution in [-0.2, 0) is 4.79 Å². The molecule has 1 heterocycles. The summed E-state index contributed by atoms with van der Waals surface area (Å²) in [6, 6.07) is 3.77. The SMILES string of the molecule is CC(=Cc1ccc[nH]1)C(=O)S. The van der Waals surface area contributed by atoms with Crippen molar-refractivity contribution < 1.29 is 4.79 Å². The fraction of sp³-hybridized carbons (Fsp3) is 0.125. The average Bonchev–Trinajstić information content (AvgIpc) is 2.39. The summed E-state index contributed by atoms with van der Waals surface area (Å²) in [7, 11) is 0. The monoisotopic (exact) mass is 167 g/mol. The molecule has 0 aromatic carbocycles. The number of thiol groups is 1. The second-order valence-corrected chi connectivity index (χ2v) is 2.66. The molecular formula is C8H9NOS. The molecule has 1 rings (SSSR count). The van der Waals surface area contributed by atoms with Crippen molar-refractivity contribution in [1.29, 1.82) is 0 Å². The van der Waals surface area contributed by atoms with E-state index in [1.165, 1.54) is 0 Å².